The molecule has 1 aromatic carbocycles. The van der Waals surface area contributed by atoms with Gasteiger partial charge in [-0.3, -0.25) is 0 Å². The van der Waals surface area contributed by atoms with E-state index in [1.54, 1.807) is 6.92 Å². The van der Waals surface area contributed by atoms with Gasteiger partial charge in [0.1, 0.15) is 11.6 Å². The third-order valence-corrected chi connectivity index (χ3v) is 2.83. The summed E-state index contributed by atoms with van der Waals surface area (Å²) in [7, 11) is 0. The average molecular weight is 272 g/mol. The molecule has 0 saturated carbocycles. The van der Waals surface area contributed by atoms with Crippen LogP contribution >= 0.6 is 11.6 Å². The van der Waals surface area contributed by atoms with Crippen molar-refractivity contribution in [2.45, 2.75) is 32.7 Å². The zero-order valence-corrected chi connectivity index (χ0v) is 11.2. The Balaban J connectivity index is 3.01. The van der Waals surface area contributed by atoms with Gasteiger partial charge in [0, 0.05) is 18.0 Å². The van der Waals surface area contributed by atoms with Crippen LogP contribution in [0.15, 0.2) is 12.1 Å². The molecular weight excluding hydrogens is 256 g/mol. The first-order valence-electron chi connectivity index (χ1n) is 5.87. The highest BCUT2D eigenvalue weighted by molar-refractivity contribution is 6.30. The van der Waals surface area contributed by atoms with Gasteiger partial charge in [-0.25, -0.2) is 8.78 Å². The van der Waals surface area contributed by atoms with E-state index in [0.717, 1.165) is 25.1 Å². The van der Waals surface area contributed by atoms with E-state index in [9.17, 15) is 8.78 Å². The van der Waals surface area contributed by atoms with Crippen LogP contribution in [0.1, 0.15) is 38.3 Å². The number of halogens is 3. The Morgan fingerprint density at radius 2 is 2.06 bits per heavy atom. The zero-order chi connectivity index (χ0) is 13.5. The van der Waals surface area contributed by atoms with E-state index in [1.165, 1.54) is 0 Å². The third-order valence-electron chi connectivity index (χ3n) is 2.54. The van der Waals surface area contributed by atoms with Gasteiger partial charge in [0.2, 0.25) is 0 Å². The molecule has 18 heavy (non-hydrogen) atoms. The number of nitrogens with one attached hydrogen (secondary N) is 1. The van der Waals surface area contributed by atoms with Gasteiger partial charge in [-0.15, -0.1) is 11.8 Å². The summed E-state index contributed by atoms with van der Waals surface area (Å²) in [6, 6.07) is 1.83. The largest absolute Gasteiger partial charge is 0.309 e. The second-order valence-electron chi connectivity index (χ2n) is 3.93. The fourth-order valence-corrected chi connectivity index (χ4v) is 1.77. The molecule has 1 rings (SSSR count). The van der Waals surface area contributed by atoms with Gasteiger partial charge < -0.3 is 5.32 Å². The van der Waals surface area contributed by atoms with Crippen molar-refractivity contribution in [3.05, 3.63) is 34.4 Å². The molecule has 0 amide bonds. The van der Waals surface area contributed by atoms with E-state index >= 15 is 0 Å². The Kier molecular flexibility index (Phi) is 6.11. The smallest absolute Gasteiger partial charge is 0.142 e. The number of benzene rings is 1. The van der Waals surface area contributed by atoms with Gasteiger partial charge in [0.15, 0.2) is 0 Å². The molecule has 0 spiro atoms. The summed E-state index contributed by atoms with van der Waals surface area (Å²) in [5.74, 6) is 4.52. The van der Waals surface area contributed by atoms with Crippen molar-refractivity contribution in [2.24, 2.45) is 0 Å². The fraction of sp³-hybridized carbons (Fsp3) is 0.429. The minimum Gasteiger partial charge on any atom is -0.309 e. The highest BCUT2D eigenvalue weighted by Gasteiger charge is 2.17. The van der Waals surface area contributed by atoms with Gasteiger partial charge in [-0.1, -0.05) is 18.5 Å². The Morgan fingerprint density at radius 1 is 1.33 bits per heavy atom. The van der Waals surface area contributed by atoms with Crippen LogP contribution < -0.4 is 5.32 Å². The van der Waals surface area contributed by atoms with Crippen LogP contribution in [-0.2, 0) is 0 Å². The maximum atomic E-state index is 13.8. The monoisotopic (exact) mass is 271 g/mol. The first kappa shape index (κ1) is 14.9. The standard InChI is InChI=1S/C14H16ClF2N/c1-3-5-6-14(18-7-4-2)10-8-13(17)11(15)9-12(10)16/h8-9,14,18H,4,6-7H2,1-2H3. The van der Waals surface area contributed by atoms with E-state index < -0.39 is 11.6 Å². The third kappa shape index (κ3) is 3.97. The van der Waals surface area contributed by atoms with Gasteiger partial charge in [-0.05, 0) is 32.0 Å². The summed E-state index contributed by atoms with van der Waals surface area (Å²) in [6.07, 6.45) is 1.35. The maximum absolute atomic E-state index is 13.8. The molecule has 0 aromatic heterocycles. The van der Waals surface area contributed by atoms with Crippen molar-refractivity contribution < 1.29 is 8.78 Å². The molecule has 4 heteroatoms. The number of rotatable bonds is 5. The summed E-state index contributed by atoms with van der Waals surface area (Å²) in [6.45, 7) is 4.45. The van der Waals surface area contributed by atoms with Crippen LogP contribution in [0, 0.1) is 23.5 Å². The second kappa shape index (κ2) is 7.35. The molecule has 98 valence electrons. The predicted octanol–water partition coefficient (Wildman–Crippen LogP) is 4.07. The lowest BCUT2D eigenvalue weighted by atomic mass is 10.0. The molecule has 1 nitrogen and oxygen atoms in total. The molecule has 1 atom stereocenters. The molecule has 0 bridgehead atoms. The quantitative estimate of drug-likeness (QED) is 0.629. The molecule has 0 aliphatic carbocycles. The van der Waals surface area contributed by atoms with Crippen molar-refractivity contribution in [2.75, 3.05) is 6.54 Å². The normalized spacial score (nSPS) is 11.8. The van der Waals surface area contributed by atoms with Crippen LogP contribution in [0.5, 0.6) is 0 Å². The Labute approximate surface area is 112 Å². The Bertz CT molecular complexity index is 463. The van der Waals surface area contributed by atoms with Crippen molar-refractivity contribution in [1.29, 1.82) is 0 Å². The zero-order valence-electron chi connectivity index (χ0n) is 10.5. The van der Waals surface area contributed by atoms with Crippen molar-refractivity contribution >= 4 is 11.6 Å². The molecule has 0 saturated heterocycles. The van der Waals surface area contributed by atoms with Crippen LogP contribution in [-0.4, -0.2) is 6.54 Å². The van der Waals surface area contributed by atoms with E-state index in [-0.39, 0.29) is 16.6 Å². The molecule has 0 heterocycles. The van der Waals surface area contributed by atoms with Gasteiger partial charge in [-0.2, -0.15) is 0 Å². The molecule has 1 N–H and O–H groups in total. The highest BCUT2D eigenvalue weighted by atomic mass is 35.5. The average Bonchev–Trinajstić information content (AvgIpc) is 2.35. The predicted molar refractivity (Wildman–Crippen MR) is 70.5 cm³/mol. The van der Waals surface area contributed by atoms with Gasteiger partial charge in [0.25, 0.3) is 0 Å². The number of hydrogen-bond donors (Lipinski definition) is 1. The Morgan fingerprint density at radius 3 is 2.67 bits per heavy atom. The molecule has 0 radical (unpaired) electrons. The molecule has 0 aliphatic rings. The van der Waals surface area contributed by atoms with Crippen LogP contribution in [0.3, 0.4) is 0 Å². The summed E-state index contributed by atoms with van der Waals surface area (Å²) in [5, 5.41) is 2.95. The summed E-state index contributed by atoms with van der Waals surface area (Å²) < 4.78 is 27.2. The maximum Gasteiger partial charge on any atom is 0.142 e. The minimum absolute atomic E-state index is 0.202. The molecular formula is C14H16ClF2N. The van der Waals surface area contributed by atoms with Crippen LogP contribution in [0.2, 0.25) is 5.02 Å². The fourth-order valence-electron chi connectivity index (χ4n) is 1.62. The molecule has 1 unspecified atom stereocenters. The van der Waals surface area contributed by atoms with Crippen molar-refractivity contribution in [3.63, 3.8) is 0 Å². The SMILES string of the molecule is CC#CCC(NCCC)c1cc(F)c(Cl)cc1F. The Hall–Kier alpha value is -1.11. The lowest BCUT2D eigenvalue weighted by molar-refractivity contribution is 0.500. The summed E-state index contributed by atoms with van der Waals surface area (Å²) in [5.41, 5.74) is 0.271. The van der Waals surface area contributed by atoms with E-state index in [4.69, 9.17) is 11.6 Å². The molecule has 1 aromatic rings. The first-order chi connectivity index (χ1) is 8.60. The number of hydrogen-bond acceptors (Lipinski definition) is 1. The first-order valence-corrected chi connectivity index (χ1v) is 6.25. The topological polar surface area (TPSA) is 12.0 Å². The minimum atomic E-state index is -0.610. The van der Waals surface area contributed by atoms with Gasteiger partial charge >= 0.3 is 0 Å². The van der Waals surface area contributed by atoms with Gasteiger partial charge in [0.05, 0.1) is 5.02 Å². The summed E-state index contributed by atoms with van der Waals surface area (Å²) >= 11 is 5.54. The van der Waals surface area contributed by atoms with Crippen LogP contribution in [0.4, 0.5) is 8.78 Å². The highest BCUT2D eigenvalue weighted by Crippen LogP contribution is 2.25. The van der Waals surface area contributed by atoms with Crippen molar-refractivity contribution in [3.8, 4) is 11.8 Å². The second-order valence-corrected chi connectivity index (χ2v) is 4.33. The molecule has 0 aliphatic heterocycles. The summed E-state index contributed by atoms with van der Waals surface area (Å²) in [4.78, 5) is 0. The lowest BCUT2D eigenvalue weighted by Crippen LogP contribution is -2.23. The van der Waals surface area contributed by atoms with E-state index in [2.05, 4.69) is 17.2 Å². The van der Waals surface area contributed by atoms with Crippen LogP contribution in [0.25, 0.3) is 0 Å². The van der Waals surface area contributed by atoms with Crippen molar-refractivity contribution in [1.82, 2.24) is 5.32 Å². The van der Waals surface area contributed by atoms with E-state index in [1.807, 2.05) is 6.92 Å². The molecule has 0 fully saturated rings. The van der Waals surface area contributed by atoms with E-state index in [0.29, 0.717) is 6.42 Å². The lowest BCUT2D eigenvalue weighted by Gasteiger charge is -2.17.